The van der Waals surface area contributed by atoms with Crippen molar-refractivity contribution in [1.29, 1.82) is 0 Å². The molecule has 4 heteroatoms. The van der Waals surface area contributed by atoms with Crippen LogP contribution in [0.15, 0.2) is 0 Å². The predicted molar refractivity (Wildman–Crippen MR) is 56.5 cm³/mol. The molecule has 2 N–H and O–H groups in total. The van der Waals surface area contributed by atoms with E-state index in [4.69, 9.17) is 14.6 Å². The molecule has 1 heterocycles. The molecule has 15 heavy (non-hydrogen) atoms. The molecule has 1 saturated heterocycles. The zero-order chi connectivity index (χ0) is 11.3. The fourth-order valence-electron chi connectivity index (χ4n) is 1.87. The number of ether oxygens (including phenoxy) is 2. The van der Waals surface area contributed by atoms with Crippen LogP contribution in [0.1, 0.15) is 39.5 Å². The highest BCUT2D eigenvalue weighted by atomic mass is 16.7. The summed E-state index contributed by atoms with van der Waals surface area (Å²) in [5.74, 6) is -0.454. The van der Waals surface area contributed by atoms with Gasteiger partial charge in [0.2, 0.25) is 0 Å². The van der Waals surface area contributed by atoms with E-state index in [-0.39, 0.29) is 0 Å². The van der Waals surface area contributed by atoms with Gasteiger partial charge in [-0.15, -0.1) is 0 Å². The standard InChI is InChI=1S/C11H22O4/c1-9(12)8-10(13)4-3-5-11(2)14-6-7-15-11/h9-10,12-13H,3-8H2,1-2H3/t9-,10-/m1/s1. The Hall–Kier alpha value is -0.160. The molecule has 4 nitrogen and oxygen atoms in total. The summed E-state index contributed by atoms with van der Waals surface area (Å²) in [6.45, 7) is 4.94. The first-order valence-corrected chi connectivity index (χ1v) is 5.66. The highest BCUT2D eigenvalue weighted by Crippen LogP contribution is 2.25. The minimum atomic E-state index is -0.454. The summed E-state index contributed by atoms with van der Waals surface area (Å²) >= 11 is 0. The molecule has 0 aromatic carbocycles. The van der Waals surface area contributed by atoms with Gasteiger partial charge in [0.25, 0.3) is 0 Å². The van der Waals surface area contributed by atoms with Crippen molar-refractivity contribution >= 4 is 0 Å². The Balaban J connectivity index is 2.10. The van der Waals surface area contributed by atoms with Crippen molar-refractivity contribution in [2.45, 2.75) is 57.5 Å². The monoisotopic (exact) mass is 218 g/mol. The van der Waals surface area contributed by atoms with Crippen LogP contribution < -0.4 is 0 Å². The van der Waals surface area contributed by atoms with Crippen LogP contribution in [0.2, 0.25) is 0 Å². The summed E-state index contributed by atoms with van der Waals surface area (Å²) < 4.78 is 10.9. The van der Waals surface area contributed by atoms with Gasteiger partial charge in [-0.1, -0.05) is 0 Å². The lowest BCUT2D eigenvalue weighted by molar-refractivity contribution is -0.148. The van der Waals surface area contributed by atoms with Crippen molar-refractivity contribution in [3.63, 3.8) is 0 Å². The van der Waals surface area contributed by atoms with Crippen LogP contribution >= 0.6 is 0 Å². The summed E-state index contributed by atoms with van der Waals surface area (Å²) in [6, 6.07) is 0. The summed E-state index contributed by atoms with van der Waals surface area (Å²) in [5, 5.41) is 18.6. The van der Waals surface area contributed by atoms with Crippen LogP contribution in [-0.4, -0.2) is 41.4 Å². The maximum Gasteiger partial charge on any atom is 0.165 e. The molecule has 0 amide bonds. The lowest BCUT2D eigenvalue weighted by Crippen LogP contribution is -2.26. The molecular formula is C11H22O4. The average molecular weight is 218 g/mol. The van der Waals surface area contributed by atoms with Crippen LogP contribution in [0.3, 0.4) is 0 Å². The highest BCUT2D eigenvalue weighted by molar-refractivity contribution is 4.69. The van der Waals surface area contributed by atoms with Crippen LogP contribution in [0.5, 0.6) is 0 Å². The molecule has 0 spiro atoms. The van der Waals surface area contributed by atoms with Gasteiger partial charge in [-0.2, -0.15) is 0 Å². The number of aliphatic hydroxyl groups excluding tert-OH is 2. The Morgan fingerprint density at radius 3 is 2.40 bits per heavy atom. The zero-order valence-corrected chi connectivity index (χ0v) is 9.61. The summed E-state index contributed by atoms with van der Waals surface area (Å²) in [6.07, 6.45) is 1.92. The molecule has 1 aliphatic heterocycles. The Morgan fingerprint density at radius 1 is 1.27 bits per heavy atom. The van der Waals surface area contributed by atoms with Gasteiger partial charge in [0.1, 0.15) is 0 Å². The average Bonchev–Trinajstić information content (AvgIpc) is 2.51. The van der Waals surface area contributed by atoms with Gasteiger partial charge in [0, 0.05) is 6.42 Å². The van der Waals surface area contributed by atoms with Gasteiger partial charge >= 0.3 is 0 Å². The van der Waals surface area contributed by atoms with E-state index < -0.39 is 18.0 Å². The fourth-order valence-corrected chi connectivity index (χ4v) is 1.87. The molecule has 0 saturated carbocycles. The van der Waals surface area contributed by atoms with Crippen LogP contribution in [0.4, 0.5) is 0 Å². The number of hydrogen-bond acceptors (Lipinski definition) is 4. The van der Waals surface area contributed by atoms with Gasteiger partial charge in [-0.3, -0.25) is 0 Å². The molecule has 90 valence electrons. The first kappa shape index (κ1) is 12.9. The number of hydrogen-bond donors (Lipinski definition) is 2. The first-order chi connectivity index (χ1) is 7.02. The zero-order valence-electron chi connectivity index (χ0n) is 9.61. The Kier molecular flexibility index (Phi) is 4.99. The Labute approximate surface area is 91.2 Å². The predicted octanol–water partition coefficient (Wildman–Crippen LogP) is 1.05. The lowest BCUT2D eigenvalue weighted by atomic mass is 10.0. The van der Waals surface area contributed by atoms with E-state index in [1.54, 1.807) is 6.92 Å². The van der Waals surface area contributed by atoms with E-state index in [0.717, 1.165) is 12.8 Å². The van der Waals surface area contributed by atoms with Crippen molar-refractivity contribution in [2.75, 3.05) is 13.2 Å². The first-order valence-electron chi connectivity index (χ1n) is 5.66. The topological polar surface area (TPSA) is 58.9 Å². The van der Waals surface area contributed by atoms with E-state index in [1.807, 2.05) is 6.92 Å². The van der Waals surface area contributed by atoms with Crippen molar-refractivity contribution in [1.82, 2.24) is 0 Å². The fraction of sp³-hybridized carbons (Fsp3) is 1.00. The summed E-state index contributed by atoms with van der Waals surface area (Å²) in [4.78, 5) is 0. The molecule has 0 bridgehead atoms. The smallest absolute Gasteiger partial charge is 0.165 e. The largest absolute Gasteiger partial charge is 0.393 e. The van der Waals surface area contributed by atoms with Crippen molar-refractivity contribution in [3.05, 3.63) is 0 Å². The van der Waals surface area contributed by atoms with Crippen LogP contribution in [0, 0.1) is 0 Å². The molecule has 0 aromatic heterocycles. The van der Waals surface area contributed by atoms with Crippen molar-refractivity contribution in [3.8, 4) is 0 Å². The molecule has 0 aliphatic carbocycles. The van der Waals surface area contributed by atoms with E-state index in [1.165, 1.54) is 0 Å². The Bertz CT molecular complexity index is 175. The van der Waals surface area contributed by atoms with Crippen LogP contribution in [-0.2, 0) is 9.47 Å². The molecule has 1 fully saturated rings. The second-order valence-electron chi connectivity index (χ2n) is 4.46. The van der Waals surface area contributed by atoms with Gasteiger partial charge in [-0.25, -0.2) is 0 Å². The lowest BCUT2D eigenvalue weighted by Gasteiger charge is -2.22. The minimum Gasteiger partial charge on any atom is -0.393 e. The number of aliphatic hydroxyl groups is 2. The van der Waals surface area contributed by atoms with E-state index in [9.17, 15) is 5.11 Å². The molecular weight excluding hydrogens is 196 g/mol. The van der Waals surface area contributed by atoms with E-state index >= 15 is 0 Å². The second-order valence-corrected chi connectivity index (χ2v) is 4.46. The third kappa shape index (κ3) is 4.93. The molecule has 1 rings (SSSR count). The van der Waals surface area contributed by atoms with Crippen molar-refractivity contribution < 1.29 is 19.7 Å². The Morgan fingerprint density at radius 2 is 1.87 bits per heavy atom. The van der Waals surface area contributed by atoms with Gasteiger partial charge in [0.15, 0.2) is 5.79 Å². The third-order valence-corrected chi connectivity index (χ3v) is 2.68. The SMILES string of the molecule is C[C@@H](O)C[C@H](O)CCCC1(C)OCCO1. The second kappa shape index (κ2) is 5.80. The van der Waals surface area contributed by atoms with Crippen molar-refractivity contribution in [2.24, 2.45) is 0 Å². The molecule has 0 radical (unpaired) electrons. The van der Waals surface area contributed by atoms with E-state index in [0.29, 0.717) is 26.1 Å². The molecule has 0 aromatic rings. The molecule has 1 aliphatic rings. The molecule has 2 atom stereocenters. The maximum absolute atomic E-state index is 9.54. The summed E-state index contributed by atoms with van der Waals surface area (Å²) in [7, 11) is 0. The maximum atomic E-state index is 9.54. The van der Waals surface area contributed by atoms with Crippen LogP contribution in [0.25, 0.3) is 0 Å². The van der Waals surface area contributed by atoms with E-state index in [2.05, 4.69) is 0 Å². The van der Waals surface area contributed by atoms with Gasteiger partial charge in [-0.05, 0) is 33.1 Å². The highest BCUT2D eigenvalue weighted by Gasteiger charge is 2.30. The summed E-state index contributed by atoms with van der Waals surface area (Å²) in [5.41, 5.74) is 0. The third-order valence-electron chi connectivity index (χ3n) is 2.68. The van der Waals surface area contributed by atoms with Gasteiger partial charge < -0.3 is 19.7 Å². The quantitative estimate of drug-likeness (QED) is 0.699. The molecule has 0 unspecified atom stereocenters. The van der Waals surface area contributed by atoms with Gasteiger partial charge in [0.05, 0.1) is 25.4 Å². The minimum absolute atomic E-state index is 0.421. The normalized spacial score (nSPS) is 24.0. The number of rotatable bonds is 6.